The molecule has 0 saturated carbocycles. The zero-order chi connectivity index (χ0) is 17.2. The molecule has 3 aromatic rings. The van der Waals surface area contributed by atoms with E-state index in [9.17, 15) is 13.2 Å². The lowest BCUT2D eigenvalue weighted by atomic mass is 10.1. The van der Waals surface area contributed by atoms with Crippen LogP contribution in [-0.2, 0) is 21.2 Å². The van der Waals surface area contributed by atoms with Gasteiger partial charge >= 0.3 is 0 Å². The summed E-state index contributed by atoms with van der Waals surface area (Å²) in [6, 6.07) is 14.7. The summed E-state index contributed by atoms with van der Waals surface area (Å²) in [7, 11) is -3.98. The lowest BCUT2D eigenvalue weighted by molar-refractivity contribution is -0.118. The molecule has 24 heavy (non-hydrogen) atoms. The average molecular weight is 361 g/mol. The lowest BCUT2D eigenvalue weighted by Crippen LogP contribution is -2.31. The molecule has 1 amide bonds. The summed E-state index contributed by atoms with van der Waals surface area (Å²) in [5, 5.41) is 1.02. The smallest absolute Gasteiger partial charge is 0.264 e. The van der Waals surface area contributed by atoms with Gasteiger partial charge in [-0.2, -0.15) is 0 Å². The van der Waals surface area contributed by atoms with Crippen molar-refractivity contribution in [2.24, 2.45) is 0 Å². The van der Waals surface area contributed by atoms with Crippen LogP contribution in [0.25, 0.3) is 10.9 Å². The van der Waals surface area contributed by atoms with E-state index in [-0.39, 0.29) is 11.3 Å². The highest BCUT2D eigenvalue weighted by Gasteiger charge is 2.20. The van der Waals surface area contributed by atoms with E-state index in [1.165, 1.54) is 6.07 Å². The standard InChI is InChI=1S/C17H13ClN2O3S/c18-13-8-6-12(7-9-13)11-17(21)20-24(22,23)16-5-1-4-15-14(16)3-2-10-19-15/h1-10H,11H2,(H,20,21). The van der Waals surface area contributed by atoms with Gasteiger partial charge in [-0.3, -0.25) is 9.78 Å². The molecule has 0 fully saturated rings. The molecule has 122 valence electrons. The molecule has 0 bridgehead atoms. The van der Waals surface area contributed by atoms with Gasteiger partial charge in [-0.25, -0.2) is 13.1 Å². The molecule has 0 spiro atoms. The number of aromatic nitrogens is 1. The number of pyridine rings is 1. The van der Waals surface area contributed by atoms with E-state index < -0.39 is 15.9 Å². The first-order valence-electron chi connectivity index (χ1n) is 7.09. The van der Waals surface area contributed by atoms with E-state index in [2.05, 4.69) is 9.71 Å². The topological polar surface area (TPSA) is 76.1 Å². The minimum Gasteiger partial charge on any atom is -0.274 e. The highest BCUT2D eigenvalue weighted by Crippen LogP contribution is 2.21. The van der Waals surface area contributed by atoms with Crippen LogP contribution in [0.4, 0.5) is 0 Å². The minimum atomic E-state index is -3.98. The molecule has 1 aromatic heterocycles. The first kappa shape index (κ1) is 16.4. The van der Waals surface area contributed by atoms with E-state index in [4.69, 9.17) is 11.6 Å². The predicted molar refractivity (Wildman–Crippen MR) is 92.2 cm³/mol. The summed E-state index contributed by atoms with van der Waals surface area (Å²) in [6.45, 7) is 0. The van der Waals surface area contributed by atoms with Gasteiger partial charge in [0.25, 0.3) is 10.0 Å². The van der Waals surface area contributed by atoms with Gasteiger partial charge in [0.05, 0.1) is 16.8 Å². The fraction of sp³-hybridized carbons (Fsp3) is 0.0588. The highest BCUT2D eigenvalue weighted by atomic mass is 35.5. The fourth-order valence-electron chi connectivity index (χ4n) is 2.34. The van der Waals surface area contributed by atoms with Gasteiger partial charge in [-0.1, -0.05) is 29.8 Å². The maximum Gasteiger partial charge on any atom is 0.264 e. The van der Waals surface area contributed by atoms with Crippen molar-refractivity contribution < 1.29 is 13.2 Å². The Morgan fingerprint density at radius 3 is 2.54 bits per heavy atom. The van der Waals surface area contributed by atoms with Crippen LogP contribution in [0.5, 0.6) is 0 Å². The predicted octanol–water partition coefficient (Wildman–Crippen LogP) is 2.94. The second kappa shape index (κ2) is 6.59. The number of carbonyl (C=O) groups excluding carboxylic acids is 1. The number of nitrogens with zero attached hydrogens (tertiary/aromatic N) is 1. The summed E-state index contributed by atoms with van der Waals surface area (Å²) < 4.78 is 27.1. The van der Waals surface area contributed by atoms with Crippen LogP contribution in [0.3, 0.4) is 0 Å². The molecule has 0 aliphatic heterocycles. The molecule has 0 saturated heterocycles. The number of hydrogen-bond donors (Lipinski definition) is 1. The third-order valence-electron chi connectivity index (χ3n) is 3.42. The van der Waals surface area contributed by atoms with Crippen molar-refractivity contribution >= 4 is 38.4 Å². The number of rotatable bonds is 4. The van der Waals surface area contributed by atoms with Crippen LogP contribution < -0.4 is 4.72 Å². The van der Waals surface area contributed by atoms with Crippen LogP contribution in [0.15, 0.2) is 65.7 Å². The van der Waals surface area contributed by atoms with E-state index in [1.54, 1.807) is 54.7 Å². The SMILES string of the molecule is O=C(Cc1ccc(Cl)cc1)NS(=O)(=O)c1cccc2ncccc12. The number of nitrogens with one attached hydrogen (secondary N) is 1. The molecule has 0 atom stereocenters. The summed E-state index contributed by atoms with van der Waals surface area (Å²) in [5.41, 5.74) is 1.22. The van der Waals surface area contributed by atoms with Crippen LogP contribution in [0, 0.1) is 0 Å². The monoisotopic (exact) mass is 360 g/mol. The van der Waals surface area contributed by atoms with E-state index in [0.717, 1.165) is 0 Å². The Kier molecular flexibility index (Phi) is 4.51. The molecule has 2 aromatic carbocycles. The summed E-state index contributed by atoms with van der Waals surface area (Å²) >= 11 is 5.79. The van der Waals surface area contributed by atoms with Crippen LogP contribution in [0.1, 0.15) is 5.56 Å². The Morgan fingerprint density at radius 2 is 1.79 bits per heavy atom. The molecule has 0 aliphatic rings. The van der Waals surface area contributed by atoms with Gasteiger partial charge in [-0.05, 0) is 42.0 Å². The third-order valence-corrected chi connectivity index (χ3v) is 5.10. The van der Waals surface area contributed by atoms with Crippen molar-refractivity contribution in [3.8, 4) is 0 Å². The van der Waals surface area contributed by atoms with Crippen LogP contribution in [-0.4, -0.2) is 19.3 Å². The molecule has 0 aliphatic carbocycles. The Balaban J connectivity index is 1.85. The Hall–Kier alpha value is -2.44. The van der Waals surface area contributed by atoms with Crippen molar-refractivity contribution in [3.05, 3.63) is 71.4 Å². The van der Waals surface area contributed by atoms with Gasteiger partial charge in [-0.15, -0.1) is 0 Å². The number of fused-ring (bicyclic) bond motifs is 1. The zero-order valence-corrected chi connectivity index (χ0v) is 14.0. The molecular formula is C17H13ClN2O3S. The van der Waals surface area contributed by atoms with Crippen molar-refractivity contribution in [3.63, 3.8) is 0 Å². The normalized spacial score (nSPS) is 11.4. The Bertz CT molecular complexity index is 997. The van der Waals surface area contributed by atoms with Crippen LogP contribution >= 0.6 is 11.6 Å². The molecule has 5 nitrogen and oxygen atoms in total. The first-order valence-corrected chi connectivity index (χ1v) is 8.96. The molecule has 1 N–H and O–H groups in total. The fourth-order valence-corrected chi connectivity index (χ4v) is 3.67. The summed E-state index contributed by atoms with van der Waals surface area (Å²) in [5.74, 6) is -0.613. The van der Waals surface area contributed by atoms with Crippen LogP contribution in [0.2, 0.25) is 5.02 Å². The molecule has 0 radical (unpaired) electrons. The molecule has 1 heterocycles. The summed E-state index contributed by atoms with van der Waals surface area (Å²) in [6.07, 6.45) is 1.53. The van der Waals surface area contributed by atoms with Crippen molar-refractivity contribution in [2.75, 3.05) is 0 Å². The quantitative estimate of drug-likeness (QED) is 0.776. The minimum absolute atomic E-state index is 0.0255. The largest absolute Gasteiger partial charge is 0.274 e. The van der Waals surface area contributed by atoms with Crippen molar-refractivity contribution in [1.29, 1.82) is 0 Å². The van der Waals surface area contributed by atoms with E-state index >= 15 is 0 Å². The van der Waals surface area contributed by atoms with Crippen molar-refractivity contribution in [2.45, 2.75) is 11.3 Å². The maximum absolute atomic E-state index is 12.5. The third kappa shape index (κ3) is 3.55. The number of halogens is 1. The second-order valence-corrected chi connectivity index (χ2v) is 7.25. The Labute approximate surface area is 144 Å². The number of amides is 1. The van der Waals surface area contributed by atoms with Gasteiger partial charge in [0, 0.05) is 16.6 Å². The lowest BCUT2D eigenvalue weighted by Gasteiger charge is -2.09. The van der Waals surface area contributed by atoms with Gasteiger partial charge in [0.2, 0.25) is 5.91 Å². The van der Waals surface area contributed by atoms with Gasteiger partial charge in [0.1, 0.15) is 0 Å². The number of carbonyl (C=O) groups is 1. The molecule has 7 heteroatoms. The molecule has 0 unspecified atom stereocenters. The second-order valence-electron chi connectivity index (χ2n) is 5.16. The first-order chi connectivity index (χ1) is 11.5. The number of hydrogen-bond acceptors (Lipinski definition) is 4. The van der Waals surface area contributed by atoms with E-state index in [1.807, 2.05) is 0 Å². The van der Waals surface area contributed by atoms with E-state index in [0.29, 0.717) is 21.5 Å². The number of sulfonamides is 1. The maximum atomic E-state index is 12.5. The highest BCUT2D eigenvalue weighted by molar-refractivity contribution is 7.90. The van der Waals surface area contributed by atoms with Gasteiger partial charge in [0.15, 0.2) is 0 Å². The Morgan fingerprint density at radius 1 is 1.04 bits per heavy atom. The van der Waals surface area contributed by atoms with Crippen molar-refractivity contribution in [1.82, 2.24) is 9.71 Å². The summed E-state index contributed by atoms with van der Waals surface area (Å²) in [4.78, 5) is 16.2. The van der Waals surface area contributed by atoms with Gasteiger partial charge < -0.3 is 0 Å². The zero-order valence-electron chi connectivity index (χ0n) is 12.4. The molecular weight excluding hydrogens is 348 g/mol. The average Bonchev–Trinajstić information content (AvgIpc) is 2.56. The number of benzene rings is 2. The molecule has 3 rings (SSSR count).